The average Bonchev–Trinajstić information content (AvgIpc) is 2.26. The van der Waals surface area contributed by atoms with E-state index in [0.717, 1.165) is 18.8 Å². The molecule has 1 unspecified atom stereocenters. The summed E-state index contributed by atoms with van der Waals surface area (Å²) in [6, 6.07) is 6.41. The Hall–Kier alpha value is -1.15. The molecule has 0 amide bonds. The molecule has 1 heterocycles. The molecule has 82 valence electrons. The van der Waals surface area contributed by atoms with Crippen LogP contribution in [0, 0.1) is 0 Å². The van der Waals surface area contributed by atoms with Crippen LogP contribution in [-0.2, 0) is 0 Å². The molecule has 0 radical (unpaired) electrons. The van der Waals surface area contributed by atoms with Gasteiger partial charge in [0.1, 0.15) is 0 Å². The van der Waals surface area contributed by atoms with Crippen molar-refractivity contribution in [2.45, 2.75) is 26.8 Å². The van der Waals surface area contributed by atoms with Gasteiger partial charge in [-0.1, -0.05) is 25.1 Å². The van der Waals surface area contributed by atoms with E-state index in [0.29, 0.717) is 6.04 Å². The minimum absolute atomic E-state index is 0.355. The largest absolute Gasteiger partial charge is 0.291 e. The van der Waals surface area contributed by atoms with Crippen LogP contribution in [0.2, 0.25) is 0 Å². The number of rotatable bonds is 5. The van der Waals surface area contributed by atoms with Crippen LogP contribution in [0.4, 0.5) is 0 Å². The van der Waals surface area contributed by atoms with Gasteiger partial charge in [-0.25, -0.2) is 0 Å². The van der Waals surface area contributed by atoms with E-state index in [1.54, 1.807) is 0 Å². The van der Waals surface area contributed by atoms with Crippen molar-refractivity contribution in [2.24, 2.45) is 0 Å². The molecule has 0 saturated heterocycles. The molecule has 1 aromatic rings. The Labute approximate surface area is 92.6 Å². The molecule has 15 heavy (non-hydrogen) atoms. The molecule has 0 saturated carbocycles. The van der Waals surface area contributed by atoms with Crippen molar-refractivity contribution in [1.29, 1.82) is 0 Å². The molecule has 0 fully saturated rings. The van der Waals surface area contributed by atoms with Crippen LogP contribution in [0.3, 0.4) is 0 Å². The summed E-state index contributed by atoms with van der Waals surface area (Å²) in [6.45, 7) is 12.3. The second-order valence-electron chi connectivity index (χ2n) is 3.95. The lowest BCUT2D eigenvalue weighted by atomic mass is 10.1. The maximum Gasteiger partial charge on any atom is 0.0572 e. The number of hydrogen-bond acceptors (Lipinski definition) is 2. The predicted octanol–water partition coefficient (Wildman–Crippen LogP) is 3.04. The fourth-order valence-corrected chi connectivity index (χ4v) is 1.68. The van der Waals surface area contributed by atoms with Gasteiger partial charge in [0.25, 0.3) is 0 Å². The minimum Gasteiger partial charge on any atom is -0.291 e. The van der Waals surface area contributed by atoms with E-state index >= 15 is 0 Å². The van der Waals surface area contributed by atoms with Gasteiger partial charge in [-0.3, -0.25) is 9.88 Å². The van der Waals surface area contributed by atoms with Crippen molar-refractivity contribution >= 4 is 0 Å². The molecular weight excluding hydrogens is 184 g/mol. The average molecular weight is 204 g/mol. The summed E-state index contributed by atoms with van der Waals surface area (Å²) in [5, 5.41) is 0. The standard InChI is InChI=1S/C13H20N2/c1-5-15(10-11(2)3)12(4)13-8-6-7-9-14-13/h6-9,12H,2,5,10H2,1,3-4H3. The lowest BCUT2D eigenvalue weighted by Crippen LogP contribution is -2.28. The molecule has 1 rings (SSSR count). The zero-order valence-corrected chi connectivity index (χ0v) is 9.90. The van der Waals surface area contributed by atoms with Gasteiger partial charge in [0.05, 0.1) is 5.69 Å². The molecular formula is C13H20N2. The third-order valence-corrected chi connectivity index (χ3v) is 2.54. The molecule has 0 aliphatic carbocycles. The van der Waals surface area contributed by atoms with Gasteiger partial charge in [0.15, 0.2) is 0 Å². The first-order valence-electron chi connectivity index (χ1n) is 5.44. The minimum atomic E-state index is 0.355. The topological polar surface area (TPSA) is 16.1 Å². The van der Waals surface area contributed by atoms with E-state index in [1.807, 2.05) is 18.3 Å². The predicted molar refractivity (Wildman–Crippen MR) is 64.7 cm³/mol. The van der Waals surface area contributed by atoms with E-state index in [1.165, 1.54) is 5.57 Å². The number of pyridine rings is 1. The SMILES string of the molecule is C=C(C)CN(CC)C(C)c1ccccn1. The van der Waals surface area contributed by atoms with Crippen molar-refractivity contribution in [3.05, 3.63) is 42.2 Å². The van der Waals surface area contributed by atoms with Crippen LogP contribution in [-0.4, -0.2) is 23.0 Å². The highest BCUT2D eigenvalue weighted by atomic mass is 15.2. The number of likely N-dealkylation sites (N-methyl/N-ethyl adjacent to an activating group) is 1. The molecule has 0 aromatic carbocycles. The summed E-state index contributed by atoms with van der Waals surface area (Å²) in [5.41, 5.74) is 2.32. The smallest absolute Gasteiger partial charge is 0.0572 e. The first-order chi connectivity index (χ1) is 7.15. The van der Waals surface area contributed by atoms with E-state index in [9.17, 15) is 0 Å². The lowest BCUT2D eigenvalue weighted by Gasteiger charge is -2.27. The molecule has 0 aliphatic rings. The molecule has 1 aromatic heterocycles. The van der Waals surface area contributed by atoms with Crippen molar-refractivity contribution in [1.82, 2.24) is 9.88 Å². The Morgan fingerprint density at radius 2 is 2.27 bits per heavy atom. The first kappa shape index (κ1) is 11.9. The number of hydrogen-bond donors (Lipinski definition) is 0. The summed E-state index contributed by atoms with van der Waals surface area (Å²) in [5.74, 6) is 0. The highest BCUT2D eigenvalue weighted by Gasteiger charge is 2.14. The van der Waals surface area contributed by atoms with Gasteiger partial charge in [-0.2, -0.15) is 0 Å². The highest BCUT2D eigenvalue weighted by Crippen LogP contribution is 2.17. The van der Waals surface area contributed by atoms with Crippen LogP contribution < -0.4 is 0 Å². The van der Waals surface area contributed by atoms with Crippen LogP contribution in [0.25, 0.3) is 0 Å². The van der Waals surface area contributed by atoms with Crippen molar-refractivity contribution in [3.8, 4) is 0 Å². The van der Waals surface area contributed by atoms with E-state index in [2.05, 4.69) is 43.3 Å². The fraction of sp³-hybridized carbons (Fsp3) is 0.462. The fourth-order valence-electron chi connectivity index (χ4n) is 1.68. The maximum absolute atomic E-state index is 4.38. The quantitative estimate of drug-likeness (QED) is 0.685. The Balaban J connectivity index is 2.73. The van der Waals surface area contributed by atoms with Crippen molar-refractivity contribution < 1.29 is 0 Å². The highest BCUT2D eigenvalue weighted by molar-refractivity contribution is 5.09. The van der Waals surface area contributed by atoms with Gasteiger partial charge >= 0.3 is 0 Å². The Morgan fingerprint density at radius 1 is 1.53 bits per heavy atom. The van der Waals surface area contributed by atoms with Crippen LogP contribution in [0.5, 0.6) is 0 Å². The van der Waals surface area contributed by atoms with Gasteiger partial charge in [0, 0.05) is 18.8 Å². The summed E-state index contributed by atoms with van der Waals surface area (Å²) < 4.78 is 0. The number of aromatic nitrogens is 1. The van der Waals surface area contributed by atoms with Crippen molar-refractivity contribution in [3.63, 3.8) is 0 Å². The molecule has 0 bridgehead atoms. The van der Waals surface area contributed by atoms with Crippen LogP contribution in [0.15, 0.2) is 36.5 Å². The van der Waals surface area contributed by atoms with Crippen LogP contribution >= 0.6 is 0 Å². The Kier molecular flexibility index (Phi) is 4.50. The molecule has 0 aliphatic heterocycles. The van der Waals surface area contributed by atoms with Gasteiger partial charge < -0.3 is 0 Å². The molecule has 2 nitrogen and oxygen atoms in total. The Bertz CT molecular complexity index is 306. The van der Waals surface area contributed by atoms with Gasteiger partial charge in [-0.05, 0) is 32.5 Å². The van der Waals surface area contributed by atoms with Crippen molar-refractivity contribution in [2.75, 3.05) is 13.1 Å². The summed E-state index contributed by atoms with van der Waals surface area (Å²) in [7, 11) is 0. The van der Waals surface area contributed by atoms with Crippen LogP contribution in [0.1, 0.15) is 32.5 Å². The van der Waals surface area contributed by atoms with E-state index in [-0.39, 0.29) is 0 Å². The summed E-state index contributed by atoms with van der Waals surface area (Å²) in [4.78, 5) is 6.75. The molecule has 2 heteroatoms. The summed E-state index contributed by atoms with van der Waals surface area (Å²) in [6.07, 6.45) is 1.85. The Morgan fingerprint density at radius 3 is 2.73 bits per heavy atom. The zero-order valence-electron chi connectivity index (χ0n) is 9.90. The normalized spacial score (nSPS) is 12.8. The molecule has 0 N–H and O–H groups in total. The zero-order chi connectivity index (χ0) is 11.3. The van der Waals surface area contributed by atoms with E-state index < -0.39 is 0 Å². The van der Waals surface area contributed by atoms with E-state index in [4.69, 9.17) is 0 Å². The monoisotopic (exact) mass is 204 g/mol. The molecule has 0 spiro atoms. The first-order valence-corrected chi connectivity index (χ1v) is 5.44. The third-order valence-electron chi connectivity index (χ3n) is 2.54. The second kappa shape index (κ2) is 5.66. The second-order valence-corrected chi connectivity index (χ2v) is 3.95. The lowest BCUT2D eigenvalue weighted by molar-refractivity contribution is 0.237. The third kappa shape index (κ3) is 3.48. The number of nitrogens with zero attached hydrogens (tertiary/aromatic N) is 2. The van der Waals surface area contributed by atoms with Gasteiger partial charge in [-0.15, -0.1) is 0 Å². The summed E-state index contributed by atoms with van der Waals surface area (Å²) >= 11 is 0. The molecule has 1 atom stereocenters. The van der Waals surface area contributed by atoms with Gasteiger partial charge in [0.2, 0.25) is 0 Å². The maximum atomic E-state index is 4.38.